The molecule has 0 N–H and O–H groups in total. The van der Waals surface area contributed by atoms with Crippen molar-refractivity contribution in [1.29, 1.82) is 0 Å². The van der Waals surface area contributed by atoms with Crippen LogP contribution in [-0.2, 0) is 4.74 Å². The van der Waals surface area contributed by atoms with Gasteiger partial charge in [-0.15, -0.1) is 0 Å². The van der Waals surface area contributed by atoms with Crippen LogP contribution in [-0.4, -0.2) is 31.0 Å². The molecule has 0 saturated heterocycles. The Bertz CT molecular complexity index is 737. The summed E-state index contributed by atoms with van der Waals surface area (Å²) in [6.45, 7) is 0.917. The Hall–Kier alpha value is -2.99. The predicted molar refractivity (Wildman–Crippen MR) is 90.3 cm³/mol. The Morgan fingerprint density at radius 3 is 2.50 bits per heavy atom. The van der Waals surface area contributed by atoms with E-state index < -0.39 is 4.92 Å². The van der Waals surface area contributed by atoms with Crippen molar-refractivity contribution < 1.29 is 19.2 Å². The van der Waals surface area contributed by atoms with Crippen molar-refractivity contribution in [2.75, 3.05) is 20.3 Å². The standard InChI is InChI=1S/C18H17NO5/c1-23-12-13-24-16-9-6-15(7-10-16)18(20)11-8-14-4-2-3-5-17(14)19(21)22/h2-11H,12-13H2,1H3/b11-8-. The first kappa shape index (κ1) is 17.4. The van der Waals surface area contributed by atoms with Crippen molar-refractivity contribution in [3.63, 3.8) is 0 Å². The first-order valence-corrected chi connectivity index (χ1v) is 7.29. The largest absolute Gasteiger partial charge is 0.491 e. The third-order valence-electron chi connectivity index (χ3n) is 3.24. The molecule has 0 fully saturated rings. The number of ether oxygens (including phenoxy) is 2. The molecule has 124 valence electrons. The smallest absolute Gasteiger partial charge is 0.276 e. The second-order valence-corrected chi connectivity index (χ2v) is 4.88. The van der Waals surface area contributed by atoms with Gasteiger partial charge in [-0.1, -0.05) is 12.1 Å². The lowest BCUT2D eigenvalue weighted by Crippen LogP contribution is -2.04. The number of ketones is 1. The van der Waals surface area contributed by atoms with Crippen LogP contribution < -0.4 is 4.74 Å². The second kappa shape index (κ2) is 8.59. The Balaban J connectivity index is 2.06. The van der Waals surface area contributed by atoms with E-state index in [2.05, 4.69) is 0 Å². The lowest BCUT2D eigenvalue weighted by Gasteiger charge is -2.05. The maximum atomic E-state index is 12.2. The van der Waals surface area contributed by atoms with E-state index in [1.165, 1.54) is 18.2 Å². The van der Waals surface area contributed by atoms with E-state index in [9.17, 15) is 14.9 Å². The molecule has 0 spiro atoms. The number of allylic oxidation sites excluding steroid dienone is 1. The molecular weight excluding hydrogens is 310 g/mol. The fraction of sp³-hybridized carbons (Fsp3) is 0.167. The van der Waals surface area contributed by atoms with Crippen LogP contribution in [0.4, 0.5) is 5.69 Å². The summed E-state index contributed by atoms with van der Waals surface area (Å²) < 4.78 is 10.3. The predicted octanol–water partition coefficient (Wildman–Crippen LogP) is 3.52. The van der Waals surface area contributed by atoms with Crippen LogP contribution in [0.2, 0.25) is 0 Å². The van der Waals surface area contributed by atoms with E-state index in [0.29, 0.717) is 30.1 Å². The maximum absolute atomic E-state index is 12.2. The molecule has 0 saturated carbocycles. The van der Waals surface area contributed by atoms with Crippen molar-refractivity contribution in [3.8, 4) is 5.75 Å². The Morgan fingerprint density at radius 2 is 1.83 bits per heavy atom. The molecule has 0 amide bonds. The van der Waals surface area contributed by atoms with Crippen LogP contribution in [0, 0.1) is 10.1 Å². The molecule has 24 heavy (non-hydrogen) atoms. The van der Waals surface area contributed by atoms with Gasteiger partial charge in [0.05, 0.1) is 17.1 Å². The maximum Gasteiger partial charge on any atom is 0.276 e. The molecule has 0 aliphatic heterocycles. The van der Waals surface area contributed by atoms with E-state index >= 15 is 0 Å². The number of nitrogens with zero attached hydrogens (tertiary/aromatic N) is 1. The molecule has 0 radical (unpaired) electrons. The summed E-state index contributed by atoms with van der Waals surface area (Å²) in [5.74, 6) is 0.405. The SMILES string of the molecule is COCCOc1ccc(C(=O)/C=C\c2ccccc2[N+](=O)[O-])cc1. The average Bonchev–Trinajstić information content (AvgIpc) is 2.60. The second-order valence-electron chi connectivity index (χ2n) is 4.88. The third kappa shape index (κ3) is 4.76. The van der Waals surface area contributed by atoms with Crippen molar-refractivity contribution in [1.82, 2.24) is 0 Å². The number of nitro groups is 1. The van der Waals surface area contributed by atoms with Gasteiger partial charge in [0, 0.05) is 18.7 Å². The van der Waals surface area contributed by atoms with Crippen LogP contribution >= 0.6 is 0 Å². The number of rotatable bonds is 8. The zero-order valence-corrected chi connectivity index (χ0v) is 13.2. The van der Waals surface area contributed by atoms with E-state index in [-0.39, 0.29) is 11.5 Å². The highest BCUT2D eigenvalue weighted by Crippen LogP contribution is 2.19. The molecule has 6 nitrogen and oxygen atoms in total. The lowest BCUT2D eigenvalue weighted by atomic mass is 10.1. The van der Waals surface area contributed by atoms with Gasteiger partial charge in [-0.3, -0.25) is 14.9 Å². The molecule has 0 atom stereocenters. The minimum atomic E-state index is -0.476. The van der Waals surface area contributed by atoms with Gasteiger partial charge in [-0.25, -0.2) is 0 Å². The van der Waals surface area contributed by atoms with E-state index in [1.54, 1.807) is 49.6 Å². The number of carbonyl (C=O) groups excluding carboxylic acids is 1. The van der Waals surface area contributed by atoms with Gasteiger partial charge in [0.1, 0.15) is 12.4 Å². The van der Waals surface area contributed by atoms with Crippen molar-refractivity contribution in [2.24, 2.45) is 0 Å². The van der Waals surface area contributed by atoms with Gasteiger partial charge < -0.3 is 9.47 Å². The minimum Gasteiger partial charge on any atom is -0.491 e. The highest BCUT2D eigenvalue weighted by Gasteiger charge is 2.10. The molecule has 0 bridgehead atoms. The fourth-order valence-electron chi connectivity index (χ4n) is 2.01. The van der Waals surface area contributed by atoms with Crippen LogP contribution in [0.5, 0.6) is 5.75 Å². The summed E-state index contributed by atoms with van der Waals surface area (Å²) in [5.41, 5.74) is 0.822. The Morgan fingerprint density at radius 1 is 1.12 bits per heavy atom. The number of benzene rings is 2. The summed E-state index contributed by atoms with van der Waals surface area (Å²) >= 11 is 0. The topological polar surface area (TPSA) is 78.7 Å². The van der Waals surface area contributed by atoms with Gasteiger partial charge in [0.25, 0.3) is 5.69 Å². The van der Waals surface area contributed by atoms with Gasteiger partial charge in [-0.2, -0.15) is 0 Å². The quantitative estimate of drug-likeness (QED) is 0.244. The number of methoxy groups -OCH3 is 1. The van der Waals surface area contributed by atoms with Crippen molar-refractivity contribution >= 4 is 17.5 Å². The number of hydrogen-bond donors (Lipinski definition) is 0. The third-order valence-corrected chi connectivity index (χ3v) is 3.24. The Kier molecular flexibility index (Phi) is 6.22. The molecule has 0 aliphatic carbocycles. The first-order chi connectivity index (χ1) is 11.6. The zero-order valence-electron chi connectivity index (χ0n) is 13.2. The molecule has 2 rings (SSSR count). The molecular formula is C18H17NO5. The molecule has 2 aromatic carbocycles. The minimum absolute atomic E-state index is 0.0385. The van der Waals surface area contributed by atoms with Gasteiger partial charge in [0.2, 0.25) is 0 Å². The zero-order chi connectivity index (χ0) is 17.4. The summed E-state index contributed by atoms with van der Waals surface area (Å²) in [7, 11) is 1.59. The summed E-state index contributed by atoms with van der Waals surface area (Å²) in [6.07, 6.45) is 2.77. The van der Waals surface area contributed by atoms with Gasteiger partial charge >= 0.3 is 0 Å². The van der Waals surface area contributed by atoms with Gasteiger partial charge in [-0.05, 0) is 42.5 Å². The number of nitro benzene ring substituents is 1. The fourth-order valence-corrected chi connectivity index (χ4v) is 2.01. The van der Waals surface area contributed by atoms with Crippen LogP contribution in [0.25, 0.3) is 6.08 Å². The van der Waals surface area contributed by atoms with E-state index in [1.807, 2.05) is 0 Å². The van der Waals surface area contributed by atoms with Crippen molar-refractivity contribution in [2.45, 2.75) is 0 Å². The first-order valence-electron chi connectivity index (χ1n) is 7.29. The van der Waals surface area contributed by atoms with E-state index in [4.69, 9.17) is 9.47 Å². The normalized spacial score (nSPS) is 10.7. The summed E-state index contributed by atoms with van der Waals surface area (Å²) in [6, 6.07) is 12.9. The highest BCUT2D eigenvalue weighted by molar-refractivity contribution is 6.07. The monoisotopic (exact) mass is 327 g/mol. The molecule has 6 heteroatoms. The lowest BCUT2D eigenvalue weighted by molar-refractivity contribution is -0.385. The van der Waals surface area contributed by atoms with Crippen LogP contribution in [0.1, 0.15) is 15.9 Å². The van der Waals surface area contributed by atoms with Gasteiger partial charge in [0.15, 0.2) is 5.78 Å². The summed E-state index contributed by atoms with van der Waals surface area (Å²) in [5, 5.41) is 10.9. The average molecular weight is 327 g/mol. The molecule has 0 aromatic heterocycles. The highest BCUT2D eigenvalue weighted by atomic mass is 16.6. The molecule has 2 aromatic rings. The number of hydrogen-bond acceptors (Lipinski definition) is 5. The Labute approximate surface area is 139 Å². The molecule has 0 heterocycles. The summed E-state index contributed by atoms with van der Waals surface area (Å²) in [4.78, 5) is 22.6. The molecule has 0 aliphatic rings. The van der Waals surface area contributed by atoms with Crippen molar-refractivity contribution in [3.05, 3.63) is 75.8 Å². The number of carbonyl (C=O) groups is 1. The van der Waals surface area contributed by atoms with Crippen LogP contribution in [0.3, 0.4) is 0 Å². The molecule has 0 unspecified atom stereocenters. The van der Waals surface area contributed by atoms with E-state index in [0.717, 1.165) is 0 Å². The number of para-hydroxylation sites is 1. The van der Waals surface area contributed by atoms with Crippen LogP contribution in [0.15, 0.2) is 54.6 Å².